The van der Waals surface area contributed by atoms with Crippen LogP contribution in [0, 0.1) is 17.5 Å². The number of anilines is 1. The largest absolute Gasteiger partial charge is 0.351 e. The van der Waals surface area contributed by atoms with Gasteiger partial charge >= 0.3 is 6.03 Å². The highest BCUT2D eigenvalue weighted by Crippen LogP contribution is 2.30. The number of nitrogens with zero attached hydrogens (tertiary/aromatic N) is 3. The first-order valence-corrected chi connectivity index (χ1v) is 9.00. The van der Waals surface area contributed by atoms with E-state index in [1.54, 1.807) is 6.07 Å². The van der Waals surface area contributed by atoms with Gasteiger partial charge in [0.1, 0.15) is 11.5 Å². The minimum Gasteiger partial charge on any atom is -0.351 e. The Kier molecular flexibility index (Phi) is 4.90. The van der Waals surface area contributed by atoms with Crippen molar-refractivity contribution in [3.8, 4) is 11.3 Å². The highest BCUT2D eigenvalue weighted by molar-refractivity contribution is 6.09. The predicted molar refractivity (Wildman–Crippen MR) is 102 cm³/mol. The van der Waals surface area contributed by atoms with E-state index in [0.29, 0.717) is 11.3 Å². The van der Waals surface area contributed by atoms with Crippen LogP contribution in [0.4, 0.5) is 23.7 Å². The Bertz CT molecular complexity index is 1160. The standard InChI is InChI=1S/C20H16F3N5O2/c21-12-4-1-3-11(9-12)18-16(15-10-27(20(24)30)7-8-28(15)26-18)19(29)25-14-6-2-5-13(22)17(14)23/h1-6,9H,7-8,10H2,(H2,24,30)(H,25,29). The number of hydrogen-bond acceptors (Lipinski definition) is 3. The molecule has 2 heterocycles. The molecule has 3 amide bonds. The molecule has 1 aliphatic rings. The molecule has 3 N–H and O–H groups in total. The summed E-state index contributed by atoms with van der Waals surface area (Å²) in [5, 5.41) is 6.74. The second-order valence-electron chi connectivity index (χ2n) is 6.72. The number of carbonyl (C=O) groups excluding carboxylic acids is 2. The molecule has 154 valence electrons. The van der Waals surface area contributed by atoms with Crippen LogP contribution in [0.25, 0.3) is 11.3 Å². The molecule has 4 rings (SSSR count). The Morgan fingerprint density at radius 2 is 1.83 bits per heavy atom. The van der Waals surface area contributed by atoms with Crippen molar-refractivity contribution in [2.24, 2.45) is 5.73 Å². The van der Waals surface area contributed by atoms with Gasteiger partial charge in [-0.25, -0.2) is 18.0 Å². The predicted octanol–water partition coefficient (Wildman–Crippen LogP) is 3.11. The molecule has 0 unspecified atom stereocenters. The van der Waals surface area contributed by atoms with E-state index in [1.807, 2.05) is 0 Å². The van der Waals surface area contributed by atoms with Crippen LogP contribution >= 0.6 is 0 Å². The topological polar surface area (TPSA) is 93.2 Å². The Balaban J connectivity index is 1.81. The van der Waals surface area contributed by atoms with Gasteiger partial charge in [-0.1, -0.05) is 18.2 Å². The molecule has 0 aliphatic carbocycles. The molecule has 0 atom stereocenters. The fourth-order valence-electron chi connectivity index (χ4n) is 3.37. The fraction of sp³-hybridized carbons (Fsp3) is 0.150. The summed E-state index contributed by atoms with van der Waals surface area (Å²) in [6, 6.07) is 8.21. The van der Waals surface area contributed by atoms with E-state index in [0.717, 1.165) is 6.07 Å². The van der Waals surface area contributed by atoms with Gasteiger partial charge in [-0.15, -0.1) is 0 Å². The molecule has 0 fully saturated rings. The van der Waals surface area contributed by atoms with Crippen LogP contribution in [0.1, 0.15) is 16.1 Å². The molecular weight excluding hydrogens is 399 g/mol. The van der Waals surface area contributed by atoms with E-state index in [2.05, 4.69) is 10.4 Å². The zero-order valence-electron chi connectivity index (χ0n) is 15.5. The molecule has 7 nitrogen and oxygen atoms in total. The van der Waals surface area contributed by atoms with Gasteiger partial charge in [-0.05, 0) is 24.3 Å². The van der Waals surface area contributed by atoms with Crippen LogP contribution in [-0.4, -0.2) is 33.2 Å². The maximum Gasteiger partial charge on any atom is 0.315 e. The minimum atomic E-state index is -1.21. The lowest BCUT2D eigenvalue weighted by atomic mass is 10.0. The molecule has 0 saturated carbocycles. The minimum absolute atomic E-state index is 0.00790. The summed E-state index contributed by atoms with van der Waals surface area (Å²) in [5.41, 5.74) is 5.87. The van der Waals surface area contributed by atoms with Gasteiger partial charge in [-0.2, -0.15) is 5.10 Å². The van der Waals surface area contributed by atoms with E-state index in [-0.39, 0.29) is 36.6 Å². The average molecular weight is 415 g/mol. The molecule has 0 radical (unpaired) electrons. The molecule has 30 heavy (non-hydrogen) atoms. The fourth-order valence-corrected chi connectivity index (χ4v) is 3.37. The summed E-state index contributed by atoms with van der Waals surface area (Å²) in [6.45, 7) is 0.542. The SMILES string of the molecule is NC(=O)N1CCn2nc(-c3cccc(F)c3)c(C(=O)Nc3cccc(F)c3F)c2C1. The third-order valence-corrected chi connectivity index (χ3v) is 4.82. The first-order valence-electron chi connectivity index (χ1n) is 9.00. The third kappa shape index (κ3) is 3.47. The zero-order chi connectivity index (χ0) is 21.4. The summed E-state index contributed by atoms with van der Waals surface area (Å²) in [4.78, 5) is 26.0. The maximum absolute atomic E-state index is 14.1. The van der Waals surface area contributed by atoms with E-state index in [9.17, 15) is 22.8 Å². The van der Waals surface area contributed by atoms with Gasteiger partial charge in [-0.3, -0.25) is 9.48 Å². The van der Waals surface area contributed by atoms with Crippen molar-refractivity contribution < 1.29 is 22.8 Å². The first-order chi connectivity index (χ1) is 14.3. The van der Waals surface area contributed by atoms with Crippen molar-refractivity contribution in [1.29, 1.82) is 0 Å². The molecule has 3 aromatic rings. The molecule has 0 saturated heterocycles. The van der Waals surface area contributed by atoms with Crippen molar-refractivity contribution in [2.45, 2.75) is 13.1 Å². The second-order valence-corrected chi connectivity index (χ2v) is 6.72. The molecular formula is C20H16F3N5O2. The maximum atomic E-state index is 14.1. The summed E-state index contributed by atoms with van der Waals surface area (Å²) in [5.74, 6) is -3.63. The van der Waals surface area contributed by atoms with Crippen LogP contribution in [0.3, 0.4) is 0 Å². The molecule has 1 aliphatic heterocycles. The van der Waals surface area contributed by atoms with Gasteiger partial charge in [0.2, 0.25) is 0 Å². The summed E-state index contributed by atoms with van der Waals surface area (Å²) >= 11 is 0. The Morgan fingerprint density at radius 1 is 1.07 bits per heavy atom. The van der Waals surface area contributed by atoms with E-state index >= 15 is 0 Å². The number of fused-ring (bicyclic) bond motifs is 1. The third-order valence-electron chi connectivity index (χ3n) is 4.82. The van der Waals surface area contributed by atoms with Crippen LogP contribution in [-0.2, 0) is 13.1 Å². The van der Waals surface area contributed by atoms with Crippen LogP contribution in [0.2, 0.25) is 0 Å². The summed E-state index contributed by atoms with van der Waals surface area (Å²) in [7, 11) is 0. The molecule has 2 aromatic carbocycles. The number of nitrogens with one attached hydrogen (secondary N) is 1. The number of aromatic nitrogens is 2. The van der Waals surface area contributed by atoms with Gasteiger partial charge < -0.3 is 16.0 Å². The smallest absolute Gasteiger partial charge is 0.315 e. The average Bonchev–Trinajstić information content (AvgIpc) is 3.10. The second kappa shape index (κ2) is 7.54. The quantitative estimate of drug-likeness (QED) is 0.688. The van der Waals surface area contributed by atoms with E-state index in [4.69, 9.17) is 5.73 Å². The normalized spacial score (nSPS) is 13.1. The van der Waals surface area contributed by atoms with Crippen molar-refractivity contribution in [3.05, 3.63) is 71.2 Å². The Hall–Kier alpha value is -3.82. The van der Waals surface area contributed by atoms with Crippen molar-refractivity contribution in [2.75, 3.05) is 11.9 Å². The number of rotatable bonds is 3. The highest BCUT2D eigenvalue weighted by Gasteiger charge is 2.30. The first kappa shape index (κ1) is 19.5. The van der Waals surface area contributed by atoms with Gasteiger partial charge in [0.15, 0.2) is 11.6 Å². The number of amides is 3. The Labute approximate surface area is 168 Å². The van der Waals surface area contributed by atoms with Crippen molar-refractivity contribution >= 4 is 17.6 Å². The molecule has 0 spiro atoms. The van der Waals surface area contributed by atoms with Gasteiger partial charge in [0.05, 0.1) is 30.0 Å². The van der Waals surface area contributed by atoms with Crippen molar-refractivity contribution in [3.63, 3.8) is 0 Å². The van der Waals surface area contributed by atoms with Gasteiger partial charge in [0, 0.05) is 12.1 Å². The molecule has 1 aromatic heterocycles. The number of primary amides is 1. The van der Waals surface area contributed by atoms with Crippen LogP contribution in [0.15, 0.2) is 42.5 Å². The van der Waals surface area contributed by atoms with Crippen LogP contribution in [0.5, 0.6) is 0 Å². The number of halogens is 3. The summed E-state index contributed by atoms with van der Waals surface area (Å²) in [6.07, 6.45) is 0. The monoisotopic (exact) mass is 415 g/mol. The number of urea groups is 1. The van der Waals surface area contributed by atoms with Crippen molar-refractivity contribution in [1.82, 2.24) is 14.7 Å². The van der Waals surface area contributed by atoms with Crippen LogP contribution < -0.4 is 11.1 Å². The number of hydrogen-bond donors (Lipinski definition) is 2. The zero-order valence-corrected chi connectivity index (χ0v) is 15.5. The number of nitrogens with two attached hydrogens (primary N) is 1. The molecule has 10 heteroatoms. The van der Waals surface area contributed by atoms with E-state index < -0.39 is 29.4 Å². The highest BCUT2D eigenvalue weighted by atomic mass is 19.2. The molecule has 0 bridgehead atoms. The number of benzene rings is 2. The lowest BCUT2D eigenvalue weighted by Crippen LogP contribution is -2.42. The lowest BCUT2D eigenvalue weighted by Gasteiger charge is -2.26. The van der Waals surface area contributed by atoms with E-state index in [1.165, 1.54) is 39.9 Å². The number of carbonyl (C=O) groups is 2. The lowest BCUT2D eigenvalue weighted by molar-refractivity contribution is 0.102. The summed E-state index contributed by atoms with van der Waals surface area (Å²) < 4.78 is 42.9. The van der Waals surface area contributed by atoms with Gasteiger partial charge in [0.25, 0.3) is 5.91 Å². The Morgan fingerprint density at radius 3 is 2.57 bits per heavy atom.